The smallest absolute Gasteiger partial charge is 0.323 e. The molecule has 1 saturated heterocycles. The summed E-state index contributed by atoms with van der Waals surface area (Å²) in [4.78, 5) is 34.3. The number of ether oxygens (including phenoxy) is 2. The van der Waals surface area contributed by atoms with Crippen LogP contribution in [0.2, 0.25) is 0 Å². The monoisotopic (exact) mass is 528 g/mol. The topological polar surface area (TPSA) is 71.2 Å². The van der Waals surface area contributed by atoms with Crippen LogP contribution in [0.3, 0.4) is 0 Å². The average Bonchev–Trinajstić information content (AvgIpc) is 3.27. The number of allylic oxidation sites excluding steroid dienone is 4. The molecule has 6 rings (SSSR count). The highest BCUT2D eigenvalue weighted by atomic mass is 35.5. The summed E-state index contributed by atoms with van der Waals surface area (Å²) in [5.41, 5.74) is 2.89. The van der Waals surface area contributed by atoms with Crippen molar-refractivity contribution in [2.45, 2.75) is 32.1 Å². The van der Waals surface area contributed by atoms with Crippen LogP contribution in [0.25, 0.3) is 0 Å². The number of nitrogens with zero attached hydrogens (tertiary/aromatic N) is 3. The first-order valence-corrected chi connectivity index (χ1v) is 13.0. The molecule has 1 aliphatic carbocycles. The molecule has 0 radical (unpaired) electrons. The van der Waals surface area contributed by atoms with E-state index in [1.807, 2.05) is 90.8 Å². The molecule has 3 aliphatic heterocycles. The Hall–Kier alpha value is -3.81. The SMILES string of the molecule is CCOC(=O)C1C[N+](=O)[C@@H](OCc2ccccc2)[C@@]2(c3ccccc3)C3=CC(Cl)=CC3=CN3C(C)=NC3=C12. The number of rotatable bonds is 6. The zero-order chi connectivity index (χ0) is 26.4. The summed E-state index contributed by atoms with van der Waals surface area (Å²) < 4.78 is 13.0. The summed E-state index contributed by atoms with van der Waals surface area (Å²) >= 11 is 6.62. The molecule has 3 heterocycles. The van der Waals surface area contributed by atoms with Crippen molar-refractivity contribution in [1.82, 2.24) is 4.90 Å². The van der Waals surface area contributed by atoms with Crippen LogP contribution in [0.1, 0.15) is 25.0 Å². The van der Waals surface area contributed by atoms with Crippen LogP contribution >= 0.6 is 11.6 Å². The van der Waals surface area contributed by atoms with Gasteiger partial charge < -0.3 is 9.47 Å². The molecular weight excluding hydrogens is 502 g/mol. The number of benzene rings is 2. The summed E-state index contributed by atoms with van der Waals surface area (Å²) in [5.74, 6) is 0.108. The molecule has 4 aliphatic rings. The lowest BCUT2D eigenvalue weighted by molar-refractivity contribution is -0.651. The van der Waals surface area contributed by atoms with E-state index in [0.717, 1.165) is 32.9 Å². The van der Waals surface area contributed by atoms with Crippen molar-refractivity contribution >= 4 is 23.4 Å². The molecule has 0 spiro atoms. The first-order valence-electron chi connectivity index (χ1n) is 12.7. The quantitative estimate of drug-likeness (QED) is 0.373. The first-order chi connectivity index (χ1) is 18.4. The largest absolute Gasteiger partial charge is 0.465 e. The normalized spacial score (nSPS) is 25.7. The summed E-state index contributed by atoms with van der Waals surface area (Å²) in [6.07, 6.45) is 4.73. The Morgan fingerprint density at radius 1 is 1.13 bits per heavy atom. The molecule has 3 atom stereocenters. The van der Waals surface area contributed by atoms with Crippen molar-refractivity contribution in [3.63, 3.8) is 0 Å². The highest BCUT2D eigenvalue weighted by Crippen LogP contribution is 2.57. The molecule has 192 valence electrons. The Kier molecular flexibility index (Phi) is 6.13. The fraction of sp³-hybridized carbons (Fsp3) is 0.267. The van der Waals surface area contributed by atoms with Gasteiger partial charge in [-0.2, -0.15) is 0 Å². The van der Waals surface area contributed by atoms with Crippen LogP contribution in [0.4, 0.5) is 0 Å². The van der Waals surface area contributed by atoms with Crippen molar-refractivity contribution in [2.75, 3.05) is 13.2 Å². The molecule has 0 saturated carbocycles. The van der Waals surface area contributed by atoms with E-state index in [2.05, 4.69) is 0 Å². The molecule has 0 amide bonds. The Balaban J connectivity index is 1.64. The molecule has 1 fully saturated rings. The van der Waals surface area contributed by atoms with Crippen molar-refractivity contribution in [2.24, 2.45) is 10.9 Å². The highest BCUT2D eigenvalue weighted by molar-refractivity contribution is 6.32. The predicted octanol–water partition coefficient (Wildman–Crippen LogP) is 5.34. The number of amidine groups is 1. The number of fused-ring (bicyclic) bond motifs is 4. The number of aliphatic imine (C=N–C) groups is 1. The lowest BCUT2D eigenvalue weighted by Crippen LogP contribution is -2.59. The molecule has 0 aromatic heterocycles. The number of nitroso groups, excluding NO2 is 1. The average molecular weight is 529 g/mol. The Bertz CT molecular complexity index is 1480. The van der Waals surface area contributed by atoms with Crippen LogP contribution in [0.5, 0.6) is 0 Å². The zero-order valence-corrected chi connectivity index (χ0v) is 21.9. The summed E-state index contributed by atoms with van der Waals surface area (Å²) in [7, 11) is 0. The minimum atomic E-state index is -1.18. The van der Waals surface area contributed by atoms with Gasteiger partial charge in [0.25, 0.3) is 0 Å². The minimum Gasteiger partial charge on any atom is -0.465 e. The maximum atomic E-state index is 14.0. The van der Waals surface area contributed by atoms with E-state index >= 15 is 0 Å². The van der Waals surface area contributed by atoms with E-state index in [0.29, 0.717) is 16.4 Å². The summed E-state index contributed by atoms with van der Waals surface area (Å²) in [6.45, 7) is 3.97. The van der Waals surface area contributed by atoms with Crippen LogP contribution in [0, 0.1) is 10.8 Å². The van der Waals surface area contributed by atoms with Crippen LogP contribution < -0.4 is 0 Å². The van der Waals surface area contributed by atoms with Gasteiger partial charge in [-0.25, -0.2) is 4.99 Å². The van der Waals surface area contributed by atoms with Crippen molar-refractivity contribution in [1.29, 1.82) is 0 Å². The molecule has 0 N–H and O–H groups in total. The van der Waals surface area contributed by atoms with Crippen LogP contribution in [0.15, 0.2) is 112 Å². The molecule has 1 unspecified atom stereocenters. The van der Waals surface area contributed by atoms with E-state index in [1.165, 1.54) is 0 Å². The second-order valence-electron chi connectivity index (χ2n) is 9.67. The van der Waals surface area contributed by atoms with Gasteiger partial charge in [0.05, 0.1) is 13.2 Å². The molecule has 0 bridgehead atoms. The predicted molar refractivity (Wildman–Crippen MR) is 144 cm³/mol. The van der Waals surface area contributed by atoms with Gasteiger partial charge in [0.15, 0.2) is 0 Å². The number of piperidine rings is 1. The molecule has 7 nitrogen and oxygen atoms in total. The van der Waals surface area contributed by atoms with Crippen molar-refractivity contribution in [3.8, 4) is 0 Å². The number of hydrogen-bond donors (Lipinski definition) is 0. The Morgan fingerprint density at radius 2 is 1.84 bits per heavy atom. The number of halogens is 1. The third-order valence-electron chi connectivity index (χ3n) is 7.48. The van der Waals surface area contributed by atoms with Gasteiger partial charge in [-0.3, -0.25) is 9.69 Å². The summed E-state index contributed by atoms with van der Waals surface area (Å²) in [6, 6.07) is 19.4. The van der Waals surface area contributed by atoms with Gasteiger partial charge in [-0.05, 0) is 48.3 Å². The molecule has 38 heavy (non-hydrogen) atoms. The van der Waals surface area contributed by atoms with Gasteiger partial charge in [0, 0.05) is 26.5 Å². The Labute approximate surface area is 226 Å². The van der Waals surface area contributed by atoms with E-state index in [1.54, 1.807) is 6.92 Å². The standard InChI is InChI=1S/C30H27ClN3O4/c1-3-37-28(35)24-17-34(36)29(38-18-20-10-6-4-7-11-20)30(22-12-8-5-9-13-22)25-15-23(31)14-21(25)16-33-19(2)32-27(33)26(24)30/h4-16,24,29H,3,17-18H2,1-2H3/q+1/t24?,29-,30-/m0/s1. The van der Waals surface area contributed by atoms with Crippen LogP contribution in [-0.2, 0) is 26.3 Å². The minimum absolute atomic E-state index is 0.113. The molecular formula is C30H27ClN3O4+. The van der Waals surface area contributed by atoms with Gasteiger partial charge in [0.1, 0.15) is 23.0 Å². The third kappa shape index (κ3) is 3.68. The zero-order valence-electron chi connectivity index (χ0n) is 21.1. The second-order valence-corrected chi connectivity index (χ2v) is 10.1. The Morgan fingerprint density at radius 3 is 2.53 bits per heavy atom. The number of esters is 1. The number of hydrogen-bond acceptors (Lipinski definition) is 6. The van der Waals surface area contributed by atoms with Crippen LogP contribution in [-0.4, -0.2) is 40.8 Å². The maximum Gasteiger partial charge on any atom is 0.323 e. The van der Waals surface area contributed by atoms with E-state index in [4.69, 9.17) is 26.1 Å². The van der Waals surface area contributed by atoms with Gasteiger partial charge in [0.2, 0.25) is 6.54 Å². The fourth-order valence-corrected chi connectivity index (χ4v) is 6.17. The van der Waals surface area contributed by atoms with E-state index in [-0.39, 0.29) is 19.8 Å². The highest BCUT2D eigenvalue weighted by Gasteiger charge is 2.66. The van der Waals surface area contributed by atoms with Crippen molar-refractivity contribution in [3.05, 3.63) is 123 Å². The summed E-state index contributed by atoms with van der Waals surface area (Å²) in [5, 5.41) is 0.539. The molecule has 2 aromatic carbocycles. The first kappa shape index (κ1) is 24.5. The van der Waals surface area contributed by atoms with Crippen molar-refractivity contribution < 1.29 is 19.0 Å². The molecule has 8 heteroatoms. The number of carbonyl (C=O) groups excluding carboxylic acids is 1. The van der Waals surface area contributed by atoms with Gasteiger partial charge in [-0.1, -0.05) is 72.3 Å². The van der Waals surface area contributed by atoms with E-state index in [9.17, 15) is 9.70 Å². The fourth-order valence-electron chi connectivity index (χ4n) is 5.94. The lowest BCUT2D eigenvalue weighted by atomic mass is 9.60. The maximum absolute atomic E-state index is 14.0. The number of carbonyl (C=O) groups is 1. The molecule has 2 aromatic rings. The van der Waals surface area contributed by atoms with Gasteiger partial charge >= 0.3 is 12.2 Å². The van der Waals surface area contributed by atoms with Gasteiger partial charge in [-0.15, -0.1) is 0 Å². The van der Waals surface area contributed by atoms with E-state index < -0.39 is 23.5 Å². The lowest BCUT2D eigenvalue weighted by Gasteiger charge is -2.45. The second kappa shape index (κ2) is 9.49. The third-order valence-corrected chi connectivity index (χ3v) is 7.70.